The van der Waals surface area contributed by atoms with E-state index in [1.165, 1.54) is 0 Å². The predicted molar refractivity (Wildman–Crippen MR) is 68.0 cm³/mol. The third-order valence-corrected chi connectivity index (χ3v) is 2.59. The number of hydrogen-bond donors (Lipinski definition) is 1. The molecule has 0 atom stereocenters. The number of aliphatic carboxylic acids is 1. The molecule has 0 saturated heterocycles. The van der Waals surface area contributed by atoms with E-state index in [2.05, 4.69) is 21.9 Å². The van der Waals surface area contributed by atoms with Gasteiger partial charge in [0.25, 0.3) is 0 Å². The molecule has 5 nitrogen and oxygen atoms in total. The lowest BCUT2D eigenvalue weighted by atomic mass is 9.84. The van der Waals surface area contributed by atoms with E-state index in [-0.39, 0.29) is 6.54 Å². The number of benzene rings is 1. The molecule has 1 N–H and O–H groups in total. The second-order valence-electron chi connectivity index (χ2n) is 4.20. The minimum Gasteiger partial charge on any atom is -0.481 e. The molecule has 0 heterocycles. The van der Waals surface area contributed by atoms with Crippen LogP contribution in [0.3, 0.4) is 0 Å². The summed E-state index contributed by atoms with van der Waals surface area (Å²) in [4.78, 5) is 13.7. The summed E-state index contributed by atoms with van der Waals surface area (Å²) >= 11 is 0. The molecule has 0 unspecified atom stereocenters. The molecule has 0 aromatic heterocycles. The third-order valence-electron chi connectivity index (χ3n) is 2.59. The second-order valence-corrected chi connectivity index (χ2v) is 4.20. The Morgan fingerprint density at radius 1 is 1.44 bits per heavy atom. The number of carboxylic acids is 1. The Hall–Kier alpha value is -2.44. The van der Waals surface area contributed by atoms with Crippen molar-refractivity contribution >= 4 is 5.97 Å². The molecule has 18 heavy (non-hydrogen) atoms. The molecule has 0 aliphatic carbocycles. The van der Waals surface area contributed by atoms with Crippen molar-refractivity contribution in [1.82, 2.24) is 0 Å². The Morgan fingerprint density at radius 3 is 2.56 bits per heavy atom. The van der Waals surface area contributed by atoms with E-state index in [1.54, 1.807) is 38.1 Å². The highest BCUT2D eigenvalue weighted by Crippen LogP contribution is 2.23. The van der Waals surface area contributed by atoms with Gasteiger partial charge < -0.3 is 5.11 Å². The second kappa shape index (κ2) is 5.76. The zero-order valence-corrected chi connectivity index (χ0v) is 10.2. The molecule has 0 amide bonds. The Bertz CT molecular complexity index is 544. The number of azide groups is 1. The Morgan fingerprint density at radius 2 is 2.06 bits per heavy atom. The molecule has 0 bridgehead atoms. The summed E-state index contributed by atoms with van der Waals surface area (Å²) < 4.78 is 0. The van der Waals surface area contributed by atoms with Crippen LogP contribution in [0.15, 0.2) is 29.4 Å². The van der Waals surface area contributed by atoms with Gasteiger partial charge in [-0.2, -0.15) is 0 Å². The standard InChI is InChI=1S/C13H13N3O2/c1-13(2,12(17)18)11-7-5-10(6-8-11)4-3-9-15-16-14/h5-8H,9H2,1-2H3,(H,17,18). The maximum absolute atomic E-state index is 11.1. The number of nitrogens with zero attached hydrogens (tertiary/aromatic N) is 3. The van der Waals surface area contributed by atoms with Crippen LogP contribution in [0.2, 0.25) is 0 Å². The zero-order chi connectivity index (χ0) is 13.6. The first-order valence-electron chi connectivity index (χ1n) is 5.32. The highest BCUT2D eigenvalue weighted by atomic mass is 16.4. The van der Waals surface area contributed by atoms with Crippen LogP contribution in [0.1, 0.15) is 25.0 Å². The smallest absolute Gasteiger partial charge is 0.313 e. The summed E-state index contributed by atoms with van der Waals surface area (Å²) in [5.74, 6) is 4.65. The lowest BCUT2D eigenvalue weighted by Gasteiger charge is -2.19. The van der Waals surface area contributed by atoms with E-state index < -0.39 is 11.4 Å². The zero-order valence-electron chi connectivity index (χ0n) is 10.2. The Labute approximate surface area is 105 Å². The van der Waals surface area contributed by atoms with Crippen LogP contribution in [-0.4, -0.2) is 17.6 Å². The molecule has 0 aliphatic rings. The van der Waals surface area contributed by atoms with Crippen LogP contribution in [0.4, 0.5) is 0 Å². The van der Waals surface area contributed by atoms with Gasteiger partial charge in [-0.15, -0.1) is 0 Å². The van der Waals surface area contributed by atoms with E-state index in [4.69, 9.17) is 10.6 Å². The molecular formula is C13H13N3O2. The van der Waals surface area contributed by atoms with Crippen molar-refractivity contribution in [1.29, 1.82) is 0 Å². The van der Waals surface area contributed by atoms with E-state index in [9.17, 15) is 4.79 Å². The molecule has 0 spiro atoms. The first kappa shape index (κ1) is 13.6. The van der Waals surface area contributed by atoms with E-state index in [0.717, 1.165) is 11.1 Å². The lowest BCUT2D eigenvalue weighted by Crippen LogP contribution is -2.28. The molecule has 0 aliphatic heterocycles. The number of carboxylic acid groups (broad SMARTS) is 1. The maximum atomic E-state index is 11.1. The van der Waals surface area contributed by atoms with Gasteiger partial charge in [0, 0.05) is 10.5 Å². The van der Waals surface area contributed by atoms with Gasteiger partial charge in [-0.1, -0.05) is 29.1 Å². The van der Waals surface area contributed by atoms with Crippen molar-refractivity contribution < 1.29 is 9.90 Å². The first-order chi connectivity index (χ1) is 8.48. The van der Waals surface area contributed by atoms with Gasteiger partial charge in [0.05, 0.1) is 12.0 Å². The number of carbonyl (C=O) groups is 1. The molecule has 92 valence electrons. The SMILES string of the molecule is CC(C)(C(=O)O)c1ccc(C#CCN=[N+]=[N-])cc1. The highest BCUT2D eigenvalue weighted by Gasteiger charge is 2.28. The molecular weight excluding hydrogens is 230 g/mol. The van der Waals surface area contributed by atoms with E-state index in [1.807, 2.05) is 0 Å². The summed E-state index contributed by atoms with van der Waals surface area (Å²) in [6.07, 6.45) is 0. The van der Waals surface area contributed by atoms with Gasteiger partial charge in [0.1, 0.15) is 0 Å². The van der Waals surface area contributed by atoms with Crippen molar-refractivity contribution in [3.8, 4) is 11.8 Å². The van der Waals surface area contributed by atoms with Gasteiger partial charge in [0.2, 0.25) is 0 Å². The van der Waals surface area contributed by atoms with Crippen LogP contribution < -0.4 is 0 Å². The van der Waals surface area contributed by atoms with Crippen molar-refractivity contribution in [2.24, 2.45) is 5.11 Å². The maximum Gasteiger partial charge on any atom is 0.313 e. The molecule has 5 heteroatoms. The van der Waals surface area contributed by atoms with Crippen molar-refractivity contribution in [2.45, 2.75) is 19.3 Å². The van der Waals surface area contributed by atoms with E-state index in [0.29, 0.717) is 0 Å². The lowest BCUT2D eigenvalue weighted by molar-refractivity contribution is -0.142. The van der Waals surface area contributed by atoms with Gasteiger partial charge >= 0.3 is 5.97 Å². The minimum atomic E-state index is -0.920. The Kier molecular flexibility index (Phi) is 4.36. The van der Waals surface area contributed by atoms with Crippen LogP contribution in [0.5, 0.6) is 0 Å². The molecule has 1 rings (SSSR count). The summed E-state index contributed by atoms with van der Waals surface area (Å²) in [5, 5.41) is 12.4. The van der Waals surface area contributed by atoms with Crippen LogP contribution >= 0.6 is 0 Å². The van der Waals surface area contributed by atoms with Gasteiger partial charge in [0.15, 0.2) is 0 Å². The number of hydrogen-bond acceptors (Lipinski definition) is 2. The van der Waals surface area contributed by atoms with Crippen molar-refractivity contribution in [2.75, 3.05) is 6.54 Å². The summed E-state index contributed by atoms with van der Waals surface area (Å²) in [7, 11) is 0. The van der Waals surface area contributed by atoms with Crippen LogP contribution in [-0.2, 0) is 10.2 Å². The third kappa shape index (κ3) is 3.27. The molecule has 0 fully saturated rings. The predicted octanol–water partition coefficient (Wildman–Crippen LogP) is 2.71. The van der Waals surface area contributed by atoms with Gasteiger partial charge in [-0.25, -0.2) is 0 Å². The van der Waals surface area contributed by atoms with Crippen molar-refractivity contribution in [3.63, 3.8) is 0 Å². The van der Waals surface area contributed by atoms with Gasteiger partial charge in [-0.05, 0) is 37.1 Å². The minimum absolute atomic E-state index is 0.124. The summed E-state index contributed by atoms with van der Waals surface area (Å²) in [6, 6.07) is 6.99. The Balaban J connectivity index is 2.89. The fourth-order valence-electron chi connectivity index (χ4n) is 1.30. The van der Waals surface area contributed by atoms with Crippen LogP contribution in [0, 0.1) is 11.8 Å². The fraction of sp³-hybridized carbons (Fsp3) is 0.308. The topological polar surface area (TPSA) is 86.1 Å². The average molecular weight is 243 g/mol. The fourth-order valence-corrected chi connectivity index (χ4v) is 1.30. The molecule has 1 aromatic carbocycles. The highest BCUT2D eigenvalue weighted by molar-refractivity contribution is 5.80. The molecule has 1 aromatic rings. The monoisotopic (exact) mass is 243 g/mol. The quantitative estimate of drug-likeness (QED) is 0.383. The van der Waals surface area contributed by atoms with E-state index >= 15 is 0 Å². The summed E-state index contributed by atoms with van der Waals surface area (Å²) in [5.41, 5.74) is 8.63. The molecule has 0 radical (unpaired) electrons. The largest absolute Gasteiger partial charge is 0.481 e. The molecule has 0 saturated carbocycles. The first-order valence-corrected chi connectivity index (χ1v) is 5.32. The van der Waals surface area contributed by atoms with Crippen LogP contribution in [0.25, 0.3) is 10.4 Å². The van der Waals surface area contributed by atoms with Gasteiger partial charge in [-0.3, -0.25) is 4.79 Å². The normalized spacial score (nSPS) is 9.89. The summed E-state index contributed by atoms with van der Waals surface area (Å²) in [6.45, 7) is 3.42. The van der Waals surface area contributed by atoms with Crippen molar-refractivity contribution in [3.05, 3.63) is 45.8 Å². The average Bonchev–Trinajstić information content (AvgIpc) is 2.35. The number of rotatable bonds is 3.